The van der Waals surface area contributed by atoms with Crippen molar-refractivity contribution in [2.75, 3.05) is 0 Å². The Balaban J connectivity index is 2.55. The molecule has 0 aromatic heterocycles. The third-order valence-electron chi connectivity index (χ3n) is 2.57. The van der Waals surface area contributed by atoms with Gasteiger partial charge in [-0.25, -0.2) is 0 Å². The van der Waals surface area contributed by atoms with Gasteiger partial charge in [-0.05, 0) is 25.0 Å². The Labute approximate surface area is 103 Å². The summed E-state index contributed by atoms with van der Waals surface area (Å²) >= 11 is 0. The van der Waals surface area contributed by atoms with Gasteiger partial charge in [0.1, 0.15) is 0 Å². The summed E-state index contributed by atoms with van der Waals surface area (Å²) in [4.78, 5) is 22.9. The van der Waals surface area contributed by atoms with Crippen molar-refractivity contribution >= 4 is 11.9 Å². The maximum atomic E-state index is 11.5. The van der Waals surface area contributed by atoms with Gasteiger partial charge in [0.05, 0.1) is 0 Å². The molecule has 0 amide bonds. The summed E-state index contributed by atoms with van der Waals surface area (Å²) in [6.07, 6.45) is 0.365. The van der Waals surface area contributed by atoms with Crippen LogP contribution in [0.4, 0.5) is 0 Å². The number of carbonyl (C=O) groups excluding carboxylic acids is 2. The van der Waals surface area contributed by atoms with Crippen molar-refractivity contribution in [3.63, 3.8) is 0 Å². The molecular weight excluding hydrogens is 240 g/mol. The quantitative estimate of drug-likeness (QED) is 0.535. The van der Waals surface area contributed by atoms with Gasteiger partial charge < -0.3 is 19.7 Å². The molecular formula is C12H12O6. The average molecular weight is 252 g/mol. The number of benzene rings is 1. The van der Waals surface area contributed by atoms with Crippen LogP contribution in [-0.2, 0) is 9.59 Å². The van der Waals surface area contributed by atoms with Crippen molar-refractivity contribution in [3.8, 4) is 23.0 Å². The van der Waals surface area contributed by atoms with Crippen molar-refractivity contribution in [1.82, 2.24) is 0 Å². The lowest BCUT2D eigenvalue weighted by Crippen LogP contribution is -2.14. The smallest absolute Gasteiger partial charge is 0.311 e. The monoisotopic (exact) mass is 252 g/mol. The Morgan fingerprint density at radius 3 is 2.22 bits per heavy atom. The SMILES string of the molecule is Cc1cc(O)c2c(O)c1OC(=O)CCCC(=O)O2. The van der Waals surface area contributed by atoms with E-state index in [9.17, 15) is 19.8 Å². The standard InChI is InChI=1S/C12H12O6/c1-6-5-7(13)12-10(16)11(6)17-8(14)3-2-4-9(15)18-12/h5,13,16H,2-4H2,1H3. The van der Waals surface area contributed by atoms with Gasteiger partial charge in [-0.3, -0.25) is 9.59 Å². The van der Waals surface area contributed by atoms with Crippen molar-refractivity contribution in [2.45, 2.75) is 26.2 Å². The van der Waals surface area contributed by atoms with E-state index >= 15 is 0 Å². The number of fused-ring (bicyclic) bond motifs is 2. The minimum Gasteiger partial charge on any atom is -0.504 e. The summed E-state index contributed by atoms with van der Waals surface area (Å²) in [5.41, 5.74) is 0.374. The van der Waals surface area contributed by atoms with Crippen LogP contribution in [0.3, 0.4) is 0 Å². The van der Waals surface area contributed by atoms with Crippen molar-refractivity contribution in [2.24, 2.45) is 0 Å². The maximum absolute atomic E-state index is 11.5. The summed E-state index contributed by atoms with van der Waals surface area (Å²) in [7, 11) is 0. The highest BCUT2D eigenvalue weighted by atomic mass is 16.6. The number of carbonyl (C=O) groups is 2. The second-order valence-corrected chi connectivity index (χ2v) is 4.02. The molecule has 2 bridgehead atoms. The minimum absolute atomic E-state index is 0.0111. The number of phenolic OH excluding ortho intramolecular Hbond substituents is 2. The lowest BCUT2D eigenvalue weighted by Gasteiger charge is -2.15. The highest BCUT2D eigenvalue weighted by Crippen LogP contribution is 2.45. The van der Waals surface area contributed by atoms with E-state index in [2.05, 4.69) is 0 Å². The molecule has 96 valence electrons. The van der Waals surface area contributed by atoms with Gasteiger partial charge in [0.25, 0.3) is 0 Å². The molecule has 6 heteroatoms. The van der Waals surface area contributed by atoms with Crippen molar-refractivity contribution in [3.05, 3.63) is 11.6 Å². The molecule has 0 spiro atoms. The van der Waals surface area contributed by atoms with Gasteiger partial charge in [-0.1, -0.05) is 0 Å². The zero-order valence-corrected chi connectivity index (χ0v) is 9.73. The number of aryl methyl sites for hydroxylation is 1. The number of hydrogen-bond donors (Lipinski definition) is 2. The van der Waals surface area contributed by atoms with Crippen LogP contribution in [0.1, 0.15) is 24.8 Å². The fourth-order valence-electron chi connectivity index (χ4n) is 1.68. The number of esters is 2. The molecule has 0 unspecified atom stereocenters. The maximum Gasteiger partial charge on any atom is 0.311 e. The summed E-state index contributed by atoms with van der Waals surface area (Å²) in [5.74, 6) is -2.56. The van der Waals surface area contributed by atoms with E-state index in [1.54, 1.807) is 6.92 Å². The van der Waals surface area contributed by atoms with Crippen molar-refractivity contribution < 1.29 is 29.3 Å². The lowest BCUT2D eigenvalue weighted by atomic mass is 10.1. The molecule has 1 aliphatic rings. The molecule has 1 heterocycles. The molecule has 1 aliphatic heterocycles. The van der Waals surface area contributed by atoms with Crippen LogP contribution in [0.2, 0.25) is 0 Å². The Kier molecular flexibility index (Phi) is 3.10. The predicted octanol–water partition coefficient (Wildman–Crippen LogP) is 1.40. The molecule has 0 atom stereocenters. The Morgan fingerprint density at radius 2 is 1.61 bits per heavy atom. The fourth-order valence-corrected chi connectivity index (χ4v) is 1.68. The zero-order valence-electron chi connectivity index (χ0n) is 9.73. The second kappa shape index (κ2) is 4.56. The zero-order chi connectivity index (χ0) is 13.3. The topological polar surface area (TPSA) is 93.1 Å². The second-order valence-electron chi connectivity index (χ2n) is 4.02. The molecule has 0 saturated carbocycles. The largest absolute Gasteiger partial charge is 0.504 e. The number of ether oxygens (including phenoxy) is 2. The Hall–Kier alpha value is -2.24. The summed E-state index contributed by atoms with van der Waals surface area (Å²) < 4.78 is 9.84. The number of phenols is 2. The molecule has 0 saturated heterocycles. The highest BCUT2D eigenvalue weighted by Gasteiger charge is 2.24. The van der Waals surface area contributed by atoms with Crippen LogP contribution in [-0.4, -0.2) is 22.2 Å². The van der Waals surface area contributed by atoms with Gasteiger partial charge >= 0.3 is 11.9 Å². The number of rotatable bonds is 0. The van der Waals surface area contributed by atoms with E-state index in [4.69, 9.17) is 9.47 Å². The first-order chi connectivity index (χ1) is 8.49. The van der Waals surface area contributed by atoms with Gasteiger partial charge in [0.15, 0.2) is 11.5 Å². The molecule has 0 fully saturated rings. The molecule has 1 aromatic carbocycles. The van der Waals surface area contributed by atoms with Gasteiger partial charge in [0, 0.05) is 12.8 Å². The van der Waals surface area contributed by atoms with Gasteiger partial charge in [-0.2, -0.15) is 0 Å². The first kappa shape index (κ1) is 12.2. The van der Waals surface area contributed by atoms with Crippen LogP contribution in [0.5, 0.6) is 23.0 Å². The molecule has 18 heavy (non-hydrogen) atoms. The van der Waals surface area contributed by atoms with Gasteiger partial charge in [0.2, 0.25) is 11.5 Å². The Morgan fingerprint density at radius 1 is 1.06 bits per heavy atom. The van der Waals surface area contributed by atoms with E-state index in [1.165, 1.54) is 6.07 Å². The average Bonchev–Trinajstić information content (AvgIpc) is 2.29. The first-order valence-electron chi connectivity index (χ1n) is 5.46. The molecule has 0 radical (unpaired) electrons. The number of hydrogen-bond acceptors (Lipinski definition) is 6. The van der Waals surface area contributed by atoms with E-state index in [1.807, 2.05) is 0 Å². The summed E-state index contributed by atoms with van der Waals surface area (Å²) in [6, 6.07) is 1.26. The molecule has 1 aromatic rings. The minimum atomic E-state index is -0.620. The Bertz CT molecular complexity index is 478. The lowest BCUT2D eigenvalue weighted by molar-refractivity contribution is -0.136. The van der Waals surface area contributed by atoms with Crippen LogP contribution < -0.4 is 9.47 Å². The van der Waals surface area contributed by atoms with Crippen molar-refractivity contribution in [1.29, 1.82) is 0 Å². The third kappa shape index (κ3) is 2.22. The predicted molar refractivity (Wildman–Crippen MR) is 59.6 cm³/mol. The normalized spacial score (nSPS) is 15.8. The van der Waals surface area contributed by atoms with E-state index in [-0.39, 0.29) is 30.1 Å². The van der Waals surface area contributed by atoms with Crippen LogP contribution in [0.15, 0.2) is 6.07 Å². The van der Waals surface area contributed by atoms with E-state index in [0.29, 0.717) is 12.0 Å². The van der Waals surface area contributed by atoms with Crippen LogP contribution in [0.25, 0.3) is 0 Å². The fraction of sp³-hybridized carbons (Fsp3) is 0.333. The first-order valence-corrected chi connectivity index (χ1v) is 5.46. The highest BCUT2D eigenvalue weighted by molar-refractivity contribution is 5.80. The third-order valence-corrected chi connectivity index (χ3v) is 2.57. The summed E-state index contributed by atoms with van der Waals surface area (Å²) in [6.45, 7) is 1.55. The van der Waals surface area contributed by atoms with Crippen LogP contribution in [0, 0.1) is 6.92 Å². The molecule has 0 aliphatic carbocycles. The molecule has 2 rings (SSSR count). The van der Waals surface area contributed by atoms with Gasteiger partial charge in [-0.15, -0.1) is 0 Å². The molecule has 2 N–H and O–H groups in total. The summed E-state index contributed by atoms with van der Waals surface area (Å²) in [5, 5.41) is 19.5. The van der Waals surface area contributed by atoms with E-state index < -0.39 is 17.7 Å². The molecule has 6 nitrogen and oxygen atoms in total. The van der Waals surface area contributed by atoms with Crippen LogP contribution >= 0.6 is 0 Å². The number of aromatic hydroxyl groups is 2. The van der Waals surface area contributed by atoms with E-state index in [0.717, 1.165) is 0 Å².